The zero-order valence-corrected chi connectivity index (χ0v) is 9.77. The molecule has 1 heterocycles. The molecule has 0 saturated carbocycles. The van der Waals surface area contributed by atoms with Crippen LogP contribution in [-0.4, -0.2) is 22.7 Å². The molecule has 3 nitrogen and oxygen atoms in total. The fourth-order valence-corrected chi connectivity index (χ4v) is 1.94. The summed E-state index contributed by atoms with van der Waals surface area (Å²) in [6, 6.07) is 0. The molecule has 0 aliphatic carbocycles. The zero-order chi connectivity index (χ0) is 10.6. The van der Waals surface area contributed by atoms with Crippen LogP contribution in [0.3, 0.4) is 0 Å². The molecule has 1 atom stereocenters. The maximum Gasteiger partial charge on any atom is 0.112 e. The third-order valence-corrected chi connectivity index (χ3v) is 3.19. The Bertz CT molecular complexity index is 257. The van der Waals surface area contributed by atoms with Gasteiger partial charge in [0.1, 0.15) is 5.01 Å². The van der Waals surface area contributed by atoms with E-state index in [1.165, 1.54) is 0 Å². The van der Waals surface area contributed by atoms with E-state index in [4.69, 9.17) is 5.11 Å². The Labute approximate surface area is 89.2 Å². The molecule has 0 aromatic carbocycles. The Morgan fingerprint density at radius 2 is 2.36 bits per heavy atom. The van der Waals surface area contributed by atoms with Crippen LogP contribution in [0.15, 0.2) is 11.6 Å². The van der Waals surface area contributed by atoms with E-state index in [1.54, 1.807) is 18.3 Å². The minimum atomic E-state index is -0.241. The summed E-state index contributed by atoms with van der Waals surface area (Å²) >= 11 is 1.65. The van der Waals surface area contributed by atoms with Gasteiger partial charge in [-0.05, 0) is 33.7 Å². The summed E-state index contributed by atoms with van der Waals surface area (Å²) in [6.45, 7) is 6.82. The van der Waals surface area contributed by atoms with Crippen molar-refractivity contribution in [2.45, 2.75) is 38.8 Å². The second-order valence-electron chi connectivity index (χ2n) is 4.03. The number of nitrogens with zero attached hydrogens (tertiary/aromatic N) is 1. The molecule has 0 fully saturated rings. The minimum Gasteiger partial charge on any atom is -0.393 e. The van der Waals surface area contributed by atoms with Gasteiger partial charge in [0.05, 0.1) is 11.6 Å². The van der Waals surface area contributed by atoms with Crippen molar-refractivity contribution in [1.29, 1.82) is 0 Å². The van der Waals surface area contributed by atoms with E-state index in [-0.39, 0.29) is 11.6 Å². The lowest BCUT2D eigenvalue weighted by Gasteiger charge is -2.24. The van der Waals surface area contributed by atoms with Crippen LogP contribution >= 0.6 is 11.3 Å². The summed E-state index contributed by atoms with van der Waals surface area (Å²) in [6.07, 6.45) is 2.35. The van der Waals surface area contributed by atoms with Crippen LogP contribution in [0.25, 0.3) is 0 Å². The lowest BCUT2D eigenvalue weighted by molar-refractivity contribution is 0.179. The number of aliphatic hydroxyl groups is 1. The smallest absolute Gasteiger partial charge is 0.112 e. The first-order valence-electron chi connectivity index (χ1n) is 4.85. The van der Waals surface area contributed by atoms with Gasteiger partial charge in [0.15, 0.2) is 0 Å². The van der Waals surface area contributed by atoms with E-state index in [0.29, 0.717) is 0 Å². The van der Waals surface area contributed by atoms with Crippen molar-refractivity contribution < 1.29 is 5.11 Å². The normalized spacial score (nSPS) is 14.3. The van der Waals surface area contributed by atoms with Crippen molar-refractivity contribution in [3.05, 3.63) is 16.6 Å². The molecule has 0 bridgehead atoms. The second-order valence-corrected chi connectivity index (χ2v) is 4.92. The fourth-order valence-electron chi connectivity index (χ4n) is 1.20. The van der Waals surface area contributed by atoms with E-state index in [0.717, 1.165) is 18.0 Å². The lowest BCUT2D eigenvalue weighted by Crippen LogP contribution is -2.37. The summed E-state index contributed by atoms with van der Waals surface area (Å²) in [7, 11) is 0. The Kier molecular flexibility index (Phi) is 4.04. The van der Waals surface area contributed by atoms with Gasteiger partial charge in [-0.1, -0.05) is 0 Å². The number of thiazole rings is 1. The van der Waals surface area contributed by atoms with Gasteiger partial charge < -0.3 is 10.4 Å². The first-order valence-corrected chi connectivity index (χ1v) is 5.73. The SMILES string of the molecule is CC(O)CCNC(C)(C)c1nccs1. The number of hydrogen-bond donors (Lipinski definition) is 2. The average molecular weight is 214 g/mol. The molecule has 2 N–H and O–H groups in total. The van der Waals surface area contributed by atoms with E-state index >= 15 is 0 Å². The topological polar surface area (TPSA) is 45.1 Å². The Balaban J connectivity index is 2.42. The van der Waals surface area contributed by atoms with Crippen LogP contribution in [0.1, 0.15) is 32.2 Å². The largest absolute Gasteiger partial charge is 0.393 e. The van der Waals surface area contributed by atoms with Crippen LogP contribution in [0, 0.1) is 0 Å². The molecule has 0 saturated heterocycles. The molecule has 80 valence electrons. The molecule has 1 aromatic rings. The molecule has 4 heteroatoms. The molecular weight excluding hydrogens is 196 g/mol. The van der Waals surface area contributed by atoms with E-state index in [2.05, 4.69) is 24.1 Å². The van der Waals surface area contributed by atoms with Crippen LogP contribution in [-0.2, 0) is 5.54 Å². The summed E-state index contributed by atoms with van der Waals surface area (Å²) in [5.74, 6) is 0. The zero-order valence-electron chi connectivity index (χ0n) is 8.95. The van der Waals surface area contributed by atoms with Crippen LogP contribution in [0.2, 0.25) is 0 Å². The predicted molar refractivity (Wildman–Crippen MR) is 59.4 cm³/mol. The highest BCUT2D eigenvalue weighted by atomic mass is 32.1. The summed E-state index contributed by atoms with van der Waals surface area (Å²) in [5.41, 5.74) is -0.0942. The van der Waals surface area contributed by atoms with Crippen molar-refractivity contribution in [3.63, 3.8) is 0 Å². The van der Waals surface area contributed by atoms with Crippen LogP contribution in [0.5, 0.6) is 0 Å². The molecular formula is C10H18N2OS. The van der Waals surface area contributed by atoms with Crippen LogP contribution < -0.4 is 5.32 Å². The van der Waals surface area contributed by atoms with Crippen molar-refractivity contribution >= 4 is 11.3 Å². The van der Waals surface area contributed by atoms with Gasteiger partial charge in [0.25, 0.3) is 0 Å². The third-order valence-electron chi connectivity index (χ3n) is 2.10. The van der Waals surface area contributed by atoms with Crippen molar-refractivity contribution in [3.8, 4) is 0 Å². The van der Waals surface area contributed by atoms with Gasteiger partial charge in [0, 0.05) is 11.6 Å². The van der Waals surface area contributed by atoms with Gasteiger partial charge in [-0.15, -0.1) is 11.3 Å². The quantitative estimate of drug-likeness (QED) is 0.784. The Morgan fingerprint density at radius 1 is 1.64 bits per heavy atom. The highest BCUT2D eigenvalue weighted by Crippen LogP contribution is 2.21. The average Bonchev–Trinajstić information content (AvgIpc) is 2.54. The van der Waals surface area contributed by atoms with E-state index in [1.807, 2.05) is 11.6 Å². The number of rotatable bonds is 5. The summed E-state index contributed by atoms with van der Waals surface area (Å²) in [4.78, 5) is 4.28. The highest BCUT2D eigenvalue weighted by Gasteiger charge is 2.21. The number of nitrogens with one attached hydrogen (secondary N) is 1. The number of aromatic nitrogens is 1. The molecule has 0 aliphatic rings. The van der Waals surface area contributed by atoms with Gasteiger partial charge in [-0.25, -0.2) is 4.98 Å². The number of aliphatic hydroxyl groups excluding tert-OH is 1. The molecule has 0 radical (unpaired) electrons. The summed E-state index contributed by atoms with van der Waals surface area (Å²) < 4.78 is 0. The standard InChI is InChI=1S/C10H18N2OS/c1-8(13)4-5-12-10(2,3)9-11-6-7-14-9/h6-8,12-13H,4-5H2,1-3H3. The monoisotopic (exact) mass is 214 g/mol. The molecule has 0 spiro atoms. The molecule has 1 rings (SSSR count). The maximum atomic E-state index is 9.13. The first-order chi connectivity index (χ1) is 6.52. The third kappa shape index (κ3) is 3.36. The van der Waals surface area contributed by atoms with E-state index < -0.39 is 0 Å². The summed E-state index contributed by atoms with van der Waals surface area (Å²) in [5, 5.41) is 15.6. The van der Waals surface area contributed by atoms with Crippen molar-refractivity contribution in [1.82, 2.24) is 10.3 Å². The molecule has 1 aromatic heterocycles. The first kappa shape index (κ1) is 11.6. The molecule has 14 heavy (non-hydrogen) atoms. The van der Waals surface area contributed by atoms with Gasteiger partial charge in [0.2, 0.25) is 0 Å². The highest BCUT2D eigenvalue weighted by molar-refractivity contribution is 7.09. The van der Waals surface area contributed by atoms with Gasteiger partial charge >= 0.3 is 0 Å². The molecule has 0 aliphatic heterocycles. The van der Waals surface area contributed by atoms with Crippen molar-refractivity contribution in [2.24, 2.45) is 0 Å². The Morgan fingerprint density at radius 3 is 2.86 bits per heavy atom. The lowest BCUT2D eigenvalue weighted by atomic mass is 10.1. The van der Waals surface area contributed by atoms with Crippen molar-refractivity contribution in [2.75, 3.05) is 6.54 Å². The minimum absolute atomic E-state index is 0.0942. The molecule has 0 amide bonds. The van der Waals surface area contributed by atoms with Gasteiger partial charge in [-0.3, -0.25) is 0 Å². The fraction of sp³-hybridized carbons (Fsp3) is 0.700. The van der Waals surface area contributed by atoms with E-state index in [9.17, 15) is 0 Å². The Hall–Kier alpha value is -0.450. The van der Waals surface area contributed by atoms with Crippen LogP contribution in [0.4, 0.5) is 0 Å². The second kappa shape index (κ2) is 4.87. The molecule has 1 unspecified atom stereocenters. The number of hydrogen-bond acceptors (Lipinski definition) is 4. The van der Waals surface area contributed by atoms with Gasteiger partial charge in [-0.2, -0.15) is 0 Å². The predicted octanol–water partition coefficient (Wildman–Crippen LogP) is 1.74. The maximum absolute atomic E-state index is 9.13.